The number of aromatic amines is 2. The van der Waals surface area contributed by atoms with Gasteiger partial charge in [0.15, 0.2) is 0 Å². The average Bonchev–Trinajstić information content (AvgIpc) is 3.66. The first-order valence-electron chi connectivity index (χ1n) is 13.3. The molecule has 4 nitrogen and oxygen atoms in total. The molecule has 8 bridgehead atoms. The molecule has 0 saturated heterocycles. The summed E-state index contributed by atoms with van der Waals surface area (Å²) in [4.78, 5) is 17.3. The molecule has 0 saturated carbocycles. The summed E-state index contributed by atoms with van der Waals surface area (Å²) >= 11 is 0. The standard InChI is InChI=1S/C31H36N4/c1-3-5-7-9-11-27-30-18-14-24(34-30)20-22-12-16-28(32-22)26(10-8-6-4-2)29-17-13-23(33-29)21-25-15-19-31(27)35-25/h12-21,34-35H,3-11H2,1-2H3. The molecule has 0 atom stereocenters. The van der Waals surface area contributed by atoms with Crippen LogP contribution in [0.4, 0.5) is 0 Å². The molecule has 0 aliphatic carbocycles. The minimum Gasteiger partial charge on any atom is -0.355 e. The van der Waals surface area contributed by atoms with E-state index in [0.717, 1.165) is 53.1 Å². The van der Waals surface area contributed by atoms with Crippen LogP contribution in [0.1, 0.15) is 92.7 Å². The lowest BCUT2D eigenvalue weighted by molar-refractivity contribution is 0.669. The van der Waals surface area contributed by atoms with Crippen molar-refractivity contribution in [3.8, 4) is 0 Å². The minimum absolute atomic E-state index is 0.985. The number of unbranched alkanes of at least 4 members (excludes halogenated alkanes) is 5. The van der Waals surface area contributed by atoms with E-state index in [-0.39, 0.29) is 0 Å². The average molecular weight is 465 g/mol. The molecule has 5 heterocycles. The van der Waals surface area contributed by atoms with E-state index in [0.29, 0.717) is 0 Å². The number of hydrogen-bond acceptors (Lipinski definition) is 2. The van der Waals surface area contributed by atoms with Crippen LogP contribution in [0.25, 0.3) is 46.4 Å². The second-order valence-electron chi connectivity index (χ2n) is 9.68. The van der Waals surface area contributed by atoms with Gasteiger partial charge in [-0.2, -0.15) is 0 Å². The Balaban J connectivity index is 1.69. The van der Waals surface area contributed by atoms with Crippen LogP contribution in [-0.4, -0.2) is 19.9 Å². The molecule has 5 rings (SSSR count). The Morgan fingerprint density at radius 2 is 1.09 bits per heavy atom. The maximum absolute atomic E-state index is 4.99. The fraction of sp³-hybridized carbons (Fsp3) is 0.355. The van der Waals surface area contributed by atoms with Crippen LogP contribution in [-0.2, 0) is 12.8 Å². The molecule has 0 amide bonds. The van der Waals surface area contributed by atoms with Crippen molar-refractivity contribution < 1.29 is 0 Å². The van der Waals surface area contributed by atoms with Crippen molar-refractivity contribution >= 4 is 46.4 Å². The normalized spacial score (nSPS) is 12.5. The summed E-state index contributed by atoms with van der Waals surface area (Å²) in [5, 5.41) is 0. The predicted molar refractivity (Wildman–Crippen MR) is 150 cm³/mol. The highest BCUT2D eigenvalue weighted by molar-refractivity contribution is 5.80. The first-order chi connectivity index (χ1) is 17.2. The number of nitrogens with zero attached hydrogens (tertiary/aromatic N) is 2. The predicted octanol–water partition coefficient (Wildman–Crippen LogP) is 8.51. The lowest BCUT2D eigenvalue weighted by Crippen LogP contribution is -1.94. The van der Waals surface area contributed by atoms with Gasteiger partial charge < -0.3 is 9.97 Å². The molecule has 0 radical (unpaired) electrons. The summed E-state index contributed by atoms with van der Waals surface area (Å²) < 4.78 is 0. The Bertz CT molecular complexity index is 1310. The molecule has 2 aliphatic heterocycles. The summed E-state index contributed by atoms with van der Waals surface area (Å²) in [5.41, 5.74) is 11.2. The Morgan fingerprint density at radius 3 is 1.66 bits per heavy atom. The maximum atomic E-state index is 4.99. The third-order valence-electron chi connectivity index (χ3n) is 6.93. The van der Waals surface area contributed by atoms with Gasteiger partial charge in [0.25, 0.3) is 0 Å². The molecular formula is C31H36N4. The lowest BCUT2D eigenvalue weighted by atomic mass is 10.0. The quantitative estimate of drug-likeness (QED) is 0.215. The monoisotopic (exact) mass is 464 g/mol. The van der Waals surface area contributed by atoms with Gasteiger partial charge in [-0.1, -0.05) is 46.0 Å². The molecule has 35 heavy (non-hydrogen) atoms. The van der Waals surface area contributed by atoms with E-state index in [1.807, 2.05) is 0 Å². The van der Waals surface area contributed by atoms with Crippen molar-refractivity contribution in [3.05, 3.63) is 70.3 Å². The van der Waals surface area contributed by atoms with E-state index in [1.54, 1.807) is 0 Å². The van der Waals surface area contributed by atoms with E-state index < -0.39 is 0 Å². The highest BCUT2D eigenvalue weighted by atomic mass is 14.8. The van der Waals surface area contributed by atoms with Crippen molar-refractivity contribution in [1.29, 1.82) is 0 Å². The largest absolute Gasteiger partial charge is 0.355 e. The number of rotatable bonds is 9. The van der Waals surface area contributed by atoms with E-state index in [4.69, 9.17) is 9.97 Å². The van der Waals surface area contributed by atoms with Crippen molar-refractivity contribution in [2.45, 2.75) is 71.6 Å². The zero-order valence-electron chi connectivity index (χ0n) is 21.0. The smallest absolute Gasteiger partial charge is 0.0691 e. The number of fused-ring (bicyclic) bond motifs is 8. The van der Waals surface area contributed by atoms with Gasteiger partial charge in [0.1, 0.15) is 0 Å². The summed E-state index contributed by atoms with van der Waals surface area (Å²) in [5.74, 6) is 0. The number of aryl methyl sites for hydroxylation is 1. The van der Waals surface area contributed by atoms with Gasteiger partial charge in [0, 0.05) is 27.6 Å². The van der Waals surface area contributed by atoms with E-state index in [1.165, 1.54) is 60.7 Å². The summed E-state index contributed by atoms with van der Waals surface area (Å²) in [6, 6.07) is 13.0. The molecule has 3 aromatic heterocycles. The Kier molecular flexibility index (Phi) is 7.27. The van der Waals surface area contributed by atoms with Crippen molar-refractivity contribution in [3.63, 3.8) is 0 Å². The van der Waals surface area contributed by atoms with Crippen LogP contribution < -0.4 is 0 Å². The second-order valence-corrected chi connectivity index (χ2v) is 9.68. The number of aromatic nitrogens is 4. The van der Waals surface area contributed by atoms with E-state index >= 15 is 0 Å². The maximum Gasteiger partial charge on any atom is 0.0691 e. The molecule has 0 aromatic carbocycles. The summed E-state index contributed by atoms with van der Waals surface area (Å²) in [7, 11) is 0. The Hall–Kier alpha value is -3.40. The number of hydrogen-bond donors (Lipinski definition) is 2. The fourth-order valence-corrected chi connectivity index (χ4v) is 5.00. The van der Waals surface area contributed by atoms with E-state index in [2.05, 4.69) is 84.5 Å². The van der Waals surface area contributed by atoms with Gasteiger partial charge in [-0.25, -0.2) is 9.97 Å². The number of nitrogens with one attached hydrogen (secondary N) is 2. The third-order valence-corrected chi connectivity index (χ3v) is 6.93. The fourth-order valence-electron chi connectivity index (χ4n) is 5.00. The topological polar surface area (TPSA) is 57.4 Å². The van der Waals surface area contributed by atoms with Crippen LogP contribution in [0, 0.1) is 0 Å². The molecule has 0 spiro atoms. The van der Waals surface area contributed by atoms with Crippen molar-refractivity contribution in [2.24, 2.45) is 0 Å². The lowest BCUT2D eigenvalue weighted by Gasteiger charge is -2.03. The van der Waals surface area contributed by atoms with Crippen molar-refractivity contribution in [1.82, 2.24) is 19.9 Å². The molecule has 0 fully saturated rings. The number of H-pyrrole nitrogens is 2. The van der Waals surface area contributed by atoms with Crippen LogP contribution in [0.15, 0.2) is 36.4 Å². The van der Waals surface area contributed by atoms with Crippen LogP contribution in [0.2, 0.25) is 0 Å². The third kappa shape index (κ3) is 5.48. The van der Waals surface area contributed by atoms with E-state index in [9.17, 15) is 0 Å². The molecule has 2 aliphatic rings. The molecule has 0 unspecified atom stereocenters. The first-order valence-corrected chi connectivity index (χ1v) is 13.3. The van der Waals surface area contributed by atoms with Gasteiger partial charge >= 0.3 is 0 Å². The van der Waals surface area contributed by atoms with Crippen LogP contribution in [0.5, 0.6) is 0 Å². The zero-order chi connectivity index (χ0) is 24.0. The Labute approximate surface area is 208 Å². The van der Waals surface area contributed by atoms with Gasteiger partial charge in [0.05, 0.1) is 22.8 Å². The Morgan fingerprint density at radius 1 is 0.571 bits per heavy atom. The molecular weight excluding hydrogens is 428 g/mol. The highest BCUT2D eigenvalue weighted by Gasteiger charge is 2.12. The van der Waals surface area contributed by atoms with Gasteiger partial charge in [-0.3, -0.25) is 0 Å². The zero-order valence-corrected chi connectivity index (χ0v) is 21.0. The van der Waals surface area contributed by atoms with Gasteiger partial charge in [-0.05, 0) is 91.9 Å². The van der Waals surface area contributed by atoms with Crippen molar-refractivity contribution in [2.75, 3.05) is 0 Å². The molecule has 180 valence electrons. The van der Waals surface area contributed by atoms with Crippen LogP contribution in [0.3, 0.4) is 0 Å². The molecule has 3 aromatic rings. The summed E-state index contributed by atoms with van der Waals surface area (Å²) in [6.45, 7) is 4.51. The molecule has 4 heteroatoms. The highest BCUT2D eigenvalue weighted by Crippen LogP contribution is 2.25. The first kappa shape index (κ1) is 23.3. The second kappa shape index (κ2) is 10.9. The summed E-state index contributed by atoms with van der Waals surface area (Å²) in [6.07, 6.45) is 19.1. The minimum atomic E-state index is 0.985. The van der Waals surface area contributed by atoms with Gasteiger partial charge in [-0.15, -0.1) is 0 Å². The SMILES string of the molecule is CCCCCCc1c2ccc(cc3nc(c(CCCCC)c4nc(cc5ccc1[nH]5)C=C4)C=C3)[nH]2. The molecule has 2 N–H and O–H groups in total. The van der Waals surface area contributed by atoms with Gasteiger partial charge in [0.2, 0.25) is 0 Å². The van der Waals surface area contributed by atoms with Crippen LogP contribution >= 0.6 is 0 Å².